The van der Waals surface area contributed by atoms with E-state index in [0.29, 0.717) is 12.1 Å². The monoisotopic (exact) mass is 185 g/mol. The van der Waals surface area contributed by atoms with Gasteiger partial charge < -0.3 is 10.2 Å². The van der Waals surface area contributed by atoms with Crippen LogP contribution < -0.4 is 0 Å². The second-order valence-corrected chi connectivity index (χ2v) is 3.76. The molecule has 0 aliphatic heterocycles. The van der Waals surface area contributed by atoms with Crippen molar-refractivity contribution < 1.29 is 10.2 Å². The van der Waals surface area contributed by atoms with Gasteiger partial charge in [0, 0.05) is 19.7 Å². The molecule has 1 unspecified atom stereocenters. The number of aromatic nitrogens is 3. The Hall–Kier alpha value is -0.940. The molecule has 2 N–H and O–H groups in total. The molecule has 0 spiro atoms. The number of aliphatic hydroxyl groups excluding tert-OH is 1. The average Bonchev–Trinajstić information content (AvgIpc) is 2.33. The molecule has 0 aliphatic carbocycles. The summed E-state index contributed by atoms with van der Waals surface area (Å²) < 4.78 is 1.56. The van der Waals surface area contributed by atoms with Gasteiger partial charge in [-0.15, -0.1) is 5.10 Å². The van der Waals surface area contributed by atoms with E-state index in [1.54, 1.807) is 31.8 Å². The van der Waals surface area contributed by atoms with Crippen LogP contribution in [0.25, 0.3) is 0 Å². The van der Waals surface area contributed by atoms with Gasteiger partial charge in [-0.2, -0.15) is 0 Å². The van der Waals surface area contributed by atoms with Crippen LogP contribution in [0.4, 0.5) is 0 Å². The van der Waals surface area contributed by atoms with Crippen molar-refractivity contribution in [1.29, 1.82) is 0 Å². The van der Waals surface area contributed by atoms with E-state index in [9.17, 15) is 10.2 Å². The molecule has 0 saturated heterocycles. The van der Waals surface area contributed by atoms with Gasteiger partial charge in [-0.3, -0.25) is 4.68 Å². The van der Waals surface area contributed by atoms with Gasteiger partial charge >= 0.3 is 0 Å². The van der Waals surface area contributed by atoms with Gasteiger partial charge in [-0.25, -0.2) is 0 Å². The lowest BCUT2D eigenvalue weighted by atomic mass is 9.98. The minimum atomic E-state index is -1.10. The Morgan fingerprint density at radius 2 is 2.23 bits per heavy atom. The summed E-state index contributed by atoms with van der Waals surface area (Å²) in [7, 11) is 1.76. The number of hydrogen-bond donors (Lipinski definition) is 2. The first-order valence-electron chi connectivity index (χ1n) is 4.15. The van der Waals surface area contributed by atoms with Gasteiger partial charge in [0.1, 0.15) is 0 Å². The third kappa shape index (κ3) is 2.78. The molecule has 0 radical (unpaired) electrons. The van der Waals surface area contributed by atoms with Crippen molar-refractivity contribution in [3.63, 3.8) is 0 Å². The molecular weight excluding hydrogens is 170 g/mol. The molecule has 1 aromatic rings. The first kappa shape index (κ1) is 10.1. The topological polar surface area (TPSA) is 71.2 Å². The largest absolute Gasteiger partial charge is 0.390 e. The number of hydrogen-bond acceptors (Lipinski definition) is 4. The minimum absolute atomic E-state index is 0.317. The summed E-state index contributed by atoms with van der Waals surface area (Å²) in [4.78, 5) is 0. The van der Waals surface area contributed by atoms with Gasteiger partial charge in [-0.05, 0) is 13.8 Å². The zero-order valence-electron chi connectivity index (χ0n) is 8.10. The maximum atomic E-state index is 9.52. The zero-order valence-corrected chi connectivity index (χ0v) is 8.10. The number of aryl methyl sites for hydroxylation is 1. The molecule has 1 aromatic heterocycles. The van der Waals surface area contributed by atoms with Gasteiger partial charge in [0.2, 0.25) is 0 Å². The highest BCUT2D eigenvalue weighted by Gasteiger charge is 2.25. The predicted octanol–water partition coefficient (Wildman–Crippen LogP) is -0.511. The molecule has 0 saturated carbocycles. The fourth-order valence-corrected chi connectivity index (χ4v) is 0.937. The predicted molar refractivity (Wildman–Crippen MR) is 47.0 cm³/mol. The molecular formula is C8H15N3O2. The molecule has 1 heterocycles. The van der Waals surface area contributed by atoms with Gasteiger partial charge in [0.15, 0.2) is 0 Å². The van der Waals surface area contributed by atoms with Crippen LogP contribution in [0, 0.1) is 0 Å². The lowest BCUT2D eigenvalue weighted by Crippen LogP contribution is -2.37. The van der Waals surface area contributed by atoms with Crippen LogP contribution >= 0.6 is 0 Å². The van der Waals surface area contributed by atoms with Crippen LogP contribution in [0.3, 0.4) is 0 Å². The average molecular weight is 185 g/mol. The van der Waals surface area contributed by atoms with E-state index in [2.05, 4.69) is 10.3 Å². The molecule has 5 nitrogen and oxygen atoms in total. The van der Waals surface area contributed by atoms with Crippen molar-refractivity contribution >= 4 is 0 Å². The number of rotatable bonds is 3. The number of aliphatic hydroxyl groups is 2. The summed E-state index contributed by atoms with van der Waals surface area (Å²) in [6.07, 6.45) is 1.22. The SMILES string of the molecule is Cn1cc(CC(O)C(C)(C)O)nn1. The van der Waals surface area contributed by atoms with Crippen LogP contribution in [-0.4, -0.2) is 36.9 Å². The first-order chi connectivity index (χ1) is 5.89. The summed E-state index contributed by atoms with van der Waals surface area (Å²) in [5, 5.41) is 26.5. The Labute approximate surface area is 77.0 Å². The maximum absolute atomic E-state index is 9.52. The van der Waals surface area contributed by atoms with Crippen LogP contribution in [0.5, 0.6) is 0 Å². The third-order valence-corrected chi connectivity index (χ3v) is 1.87. The van der Waals surface area contributed by atoms with Crippen LogP contribution in [0.1, 0.15) is 19.5 Å². The highest BCUT2D eigenvalue weighted by atomic mass is 16.3. The first-order valence-corrected chi connectivity index (χ1v) is 4.15. The molecule has 0 amide bonds. The molecule has 0 aromatic carbocycles. The summed E-state index contributed by atoms with van der Waals surface area (Å²) in [5.41, 5.74) is -0.422. The van der Waals surface area contributed by atoms with Crippen molar-refractivity contribution in [3.05, 3.63) is 11.9 Å². The summed E-state index contributed by atoms with van der Waals surface area (Å²) >= 11 is 0. The van der Waals surface area contributed by atoms with E-state index in [1.165, 1.54) is 0 Å². The smallest absolute Gasteiger partial charge is 0.0878 e. The van der Waals surface area contributed by atoms with Crippen molar-refractivity contribution in [2.45, 2.75) is 32.0 Å². The van der Waals surface area contributed by atoms with Gasteiger partial charge in [0.25, 0.3) is 0 Å². The Balaban J connectivity index is 2.60. The normalized spacial score (nSPS) is 14.5. The molecule has 5 heteroatoms. The molecule has 13 heavy (non-hydrogen) atoms. The van der Waals surface area contributed by atoms with Crippen LogP contribution in [-0.2, 0) is 13.5 Å². The lowest BCUT2D eigenvalue weighted by molar-refractivity contribution is -0.0473. The van der Waals surface area contributed by atoms with Gasteiger partial charge in [0.05, 0.1) is 17.4 Å². The second-order valence-electron chi connectivity index (χ2n) is 3.76. The van der Waals surface area contributed by atoms with Crippen molar-refractivity contribution in [1.82, 2.24) is 15.0 Å². The lowest BCUT2D eigenvalue weighted by Gasteiger charge is -2.23. The van der Waals surface area contributed by atoms with E-state index in [-0.39, 0.29) is 0 Å². The summed E-state index contributed by atoms with van der Waals surface area (Å²) in [6.45, 7) is 3.13. The van der Waals surface area contributed by atoms with E-state index < -0.39 is 11.7 Å². The maximum Gasteiger partial charge on any atom is 0.0878 e. The Bertz CT molecular complexity index is 277. The molecule has 1 rings (SSSR count). The zero-order chi connectivity index (χ0) is 10.1. The molecule has 1 atom stereocenters. The Morgan fingerprint density at radius 1 is 1.62 bits per heavy atom. The third-order valence-electron chi connectivity index (χ3n) is 1.87. The van der Waals surface area contributed by atoms with E-state index >= 15 is 0 Å². The fourth-order valence-electron chi connectivity index (χ4n) is 0.937. The quantitative estimate of drug-likeness (QED) is 0.665. The highest BCUT2D eigenvalue weighted by molar-refractivity contribution is 4.97. The molecule has 0 bridgehead atoms. The van der Waals surface area contributed by atoms with Crippen LogP contribution in [0.15, 0.2) is 6.20 Å². The Morgan fingerprint density at radius 3 is 2.62 bits per heavy atom. The standard InChI is InChI=1S/C8H15N3O2/c1-8(2,13)7(12)4-6-5-11(3)10-9-6/h5,7,12-13H,4H2,1-3H3. The van der Waals surface area contributed by atoms with E-state index in [1.807, 2.05) is 0 Å². The molecule has 0 fully saturated rings. The van der Waals surface area contributed by atoms with Gasteiger partial charge in [-0.1, -0.05) is 5.21 Å². The minimum Gasteiger partial charge on any atom is -0.390 e. The van der Waals surface area contributed by atoms with Crippen molar-refractivity contribution in [2.24, 2.45) is 7.05 Å². The van der Waals surface area contributed by atoms with Crippen LogP contribution in [0.2, 0.25) is 0 Å². The molecule has 74 valence electrons. The summed E-state index contributed by atoms with van der Waals surface area (Å²) in [6, 6.07) is 0. The Kier molecular flexibility index (Phi) is 2.68. The second kappa shape index (κ2) is 3.43. The summed E-state index contributed by atoms with van der Waals surface area (Å²) in [5.74, 6) is 0. The van der Waals surface area contributed by atoms with Crippen molar-refractivity contribution in [3.8, 4) is 0 Å². The van der Waals surface area contributed by atoms with E-state index in [0.717, 1.165) is 0 Å². The molecule has 0 aliphatic rings. The highest BCUT2D eigenvalue weighted by Crippen LogP contribution is 2.12. The fraction of sp³-hybridized carbons (Fsp3) is 0.750. The van der Waals surface area contributed by atoms with E-state index in [4.69, 9.17) is 0 Å². The number of nitrogens with zero attached hydrogens (tertiary/aromatic N) is 3. The van der Waals surface area contributed by atoms with Crippen molar-refractivity contribution in [2.75, 3.05) is 0 Å².